The summed E-state index contributed by atoms with van der Waals surface area (Å²) in [6, 6.07) is 13.1. The molecule has 0 bridgehead atoms. The first-order chi connectivity index (χ1) is 10.7. The van der Waals surface area contributed by atoms with Gasteiger partial charge in [0.15, 0.2) is 0 Å². The first-order valence-electron chi connectivity index (χ1n) is 7.78. The Bertz CT molecular complexity index is 714. The lowest BCUT2D eigenvalue weighted by molar-refractivity contribution is 0.612. The van der Waals surface area contributed by atoms with E-state index in [1.807, 2.05) is 18.2 Å². The number of benzene rings is 2. The van der Waals surface area contributed by atoms with Crippen molar-refractivity contribution < 1.29 is 0 Å². The number of hydrogen-bond acceptors (Lipinski definition) is 2. The van der Waals surface area contributed by atoms with Crippen molar-refractivity contribution in [3.8, 4) is 11.1 Å². The number of nitrogens with zero attached hydrogens (tertiary/aromatic N) is 1. The van der Waals surface area contributed by atoms with Crippen LogP contribution in [0.3, 0.4) is 0 Å². The molecule has 0 amide bonds. The first-order valence-corrected chi connectivity index (χ1v) is 8.54. The second-order valence-corrected chi connectivity index (χ2v) is 6.90. The second kappa shape index (κ2) is 5.77. The van der Waals surface area contributed by atoms with Gasteiger partial charge in [-0.05, 0) is 48.7 Å². The van der Waals surface area contributed by atoms with Gasteiger partial charge in [0.2, 0.25) is 0 Å². The summed E-state index contributed by atoms with van der Waals surface area (Å²) < 4.78 is 0. The van der Waals surface area contributed by atoms with Gasteiger partial charge in [0.25, 0.3) is 0 Å². The van der Waals surface area contributed by atoms with Crippen molar-refractivity contribution in [1.29, 1.82) is 0 Å². The van der Waals surface area contributed by atoms with Crippen LogP contribution in [0, 0.1) is 0 Å². The van der Waals surface area contributed by atoms with Gasteiger partial charge in [-0.25, -0.2) is 0 Å². The minimum Gasteiger partial charge on any atom is -0.367 e. The Morgan fingerprint density at radius 1 is 1.05 bits per heavy atom. The summed E-state index contributed by atoms with van der Waals surface area (Å²) in [7, 11) is 0. The van der Waals surface area contributed by atoms with Gasteiger partial charge in [-0.1, -0.05) is 41.4 Å². The fourth-order valence-electron chi connectivity index (χ4n) is 3.61. The minimum absolute atomic E-state index is 0.640. The fourth-order valence-corrected chi connectivity index (χ4v) is 4.13. The van der Waals surface area contributed by atoms with Crippen LogP contribution in [0.25, 0.3) is 11.1 Å². The van der Waals surface area contributed by atoms with Gasteiger partial charge in [0, 0.05) is 40.4 Å². The molecule has 2 aliphatic heterocycles. The molecule has 2 aromatic carbocycles. The van der Waals surface area contributed by atoms with Crippen LogP contribution < -0.4 is 10.2 Å². The Morgan fingerprint density at radius 3 is 2.82 bits per heavy atom. The van der Waals surface area contributed by atoms with E-state index in [0.29, 0.717) is 16.1 Å². The molecule has 22 heavy (non-hydrogen) atoms. The summed E-state index contributed by atoms with van der Waals surface area (Å²) in [6.45, 7) is 3.25. The van der Waals surface area contributed by atoms with E-state index in [1.165, 1.54) is 23.2 Å². The average Bonchev–Trinajstić information content (AvgIpc) is 2.68. The predicted molar refractivity (Wildman–Crippen MR) is 94.2 cm³/mol. The summed E-state index contributed by atoms with van der Waals surface area (Å²) in [6.07, 6.45) is 2.37. The molecule has 0 aromatic heterocycles. The zero-order valence-corrected chi connectivity index (χ0v) is 13.8. The van der Waals surface area contributed by atoms with E-state index < -0.39 is 0 Å². The Kier molecular flexibility index (Phi) is 3.77. The molecule has 114 valence electrons. The lowest BCUT2D eigenvalue weighted by atomic mass is 10.0. The molecule has 2 heterocycles. The normalized spacial score (nSPS) is 20.5. The van der Waals surface area contributed by atoms with Crippen molar-refractivity contribution in [3.63, 3.8) is 0 Å². The molecule has 4 rings (SSSR count). The molecule has 2 aromatic rings. The Hall–Kier alpha value is -1.22. The summed E-state index contributed by atoms with van der Waals surface area (Å²) in [5.41, 5.74) is 5.04. The molecule has 2 nitrogen and oxygen atoms in total. The maximum atomic E-state index is 6.37. The molecule has 0 aliphatic carbocycles. The Morgan fingerprint density at radius 2 is 1.95 bits per heavy atom. The molecular formula is C18H18Cl2N2. The molecule has 1 saturated heterocycles. The zero-order chi connectivity index (χ0) is 15.1. The van der Waals surface area contributed by atoms with Crippen LogP contribution in [0.2, 0.25) is 10.0 Å². The van der Waals surface area contributed by atoms with Gasteiger partial charge in [-0.15, -0.1) is 0 Å². The van der Waals surface area contributed by atoms with E-state index in [-0.39, 0.29) is 0 Å². The third-order valence-electron chi connectivity index (χ3n) is 4.72. The smallest absolute Gasteiger partial charge is 0.0499 e. The second-order valence-electron chi connectivity index (χ2n) is 6.06. The van der Waals surface area contributed by atoms with Crippen molar-refractivity contribution in [2.24, 2.45) is 0 Å². The maximum absolute atomic E-state index is 6.37. The third-order valence-corrected chi connectivity index (χ3v) is 5.26. The lowest BCUT2D eigenvalue weighted by Crippen LogP contribution is -2.32. The van der Waals surface area contributed by atoms with Crippen molar-refractivity contribution in [1.82, 2.24) is 5.32 Å². The van der Waals surface area contributed by atoms with Crippen LogP contribution in [0.15, 0.2) is 36.4 Å². The van der Waals surface area contributed by atoms with E-state index >= 15 is 0 Å². The molecule has 1 atom stereocenters. The number of halogens is 2. The summed E-state index contributed by atoms with van der Waals surface area (Å²) in [5, 5.41) is 4.87. The van der Waals surface area contributed by atoms with Crippen molar-refractivity contribution in [2.75, 3.05) is 24.5 Å². The average molecular weight is 333 g/mol. The Balaban J connectivity index is 1.74. The number of rotatable bonds is 1. The number of hydrogen-bond donors (Lipinski definition) is 1. The third kappa shape index (κ3) is 2.50. The highest BCUT2D eigenvalue weighted by Crippen LogP contribution is 2.39. The number of anilines is 1. The van der Waals surface area contributed by atoms with Gasteiger partial charge >= 0.3 is 0 Å². The molecule has 1 fully saturated rings. The quantitative estimate of drug-likeness (QED) is 0.833. The van der Waals surface area contributed by atoms with E-state index in [4.69, 9.17) is 23.2 Å². The van der Waals surface area contributed by atoms with Crippen molar-refractivity contribution in [2.45, 2.75) is 18.9 Å². The molecular weight excluding hydrogens is 315 g/mol. The largest absolute Gasteiger partial charge is 0.367 e. The maximum Gasteiger partial charge on any atom is 0.0499 e. The molecule has 0 spiro atoms. The highest BCUT2D eigenvalue weighted by Gasteiger charge is 2.30. The standard InChI is InChI=1S/C18H18Cl2N2/c19-14-3-4-16(17(20)11-14)12-1-2-13-9-15-5-6-21-7-8-22(15)18(13)10-12/h1-4,10-11,15,21H,5-9H2. The van der Waals surface area contributed by atoms with Crippen molar-refractivity contribution >= 4 is 28.9 Å². The zero-order valence-electron chi connectivity index (χ0n) is 12.3. The van der Waals surface area contributed by atoms with Gasteiger partial charge in [0.05, 0.1) is 0 Å². The van der Waals surface area contributed by atoms with E-state index in [2.05, 4.69) is 28.4 Å². The summed E-state index contributed by atoms with van der Waals surface area (Å²) >= 11 is 12.4. The lowest BCUT2D eigenvalue weighted by Gasteiger charge is -2.25. The number of nitrogens with one attached hydrogen (secondary N) is 1. The van der Waals surface area contributed by atoms with Crippen LogP contribution in [0.5, 0.6) is 0 Å². The van der Waals surface area contributed by atoms with Crippen molar-refractivity contribution in [3.05, 3.63) is 52.0 Å². The first kappa shape index (κ1) is 14.4. The van der Waals surface area contributed by atoms with Crippen LogP contribution >= 0.6 is 23.2 Å². The SMILES string of the molecule is Clc1ccc(-c2ccc3c(c2)N2CCNCCC2C3)c(Cl)c1. The van der Waals surface area contributed by atoms with E-state index in [0.717, 1.165) is 31.6 Å². The highest BCUT2D eigenvalue weighted by atomic mass is 35.5. The summed E-state index contributed by atoms with van der Waals surface area (Å²) in [5.74, 6) is 0. The molecule has 0 saturated carbocycles. The monoisotopic (exact) mass is 332 g/mol. The highest BCUT2D eigenvalue weighted by molar-refractivity contribution is 6.36. The van der Waals surface area contributed by atoms with Crippen LogP contribution in [-0.2, 0) is 6.42 Å². The van der Waals surface area contributed by atoms with Gasteiger partial charge in [-0.2, -0.15) is 0 Å². The van der Waals surface area contributed by atoms with Gasteiger partial charge < -0.3 is 10.2 Å². The van der Waals surface area contributed by atoms with Crippen LogP contribution in [0.1, 0.15) is 12.0 Å². The molecule has 0 radical (unpaired) electrons. The molecule has 4 heteroatoms. The van der Waals surface area contributed by atoms with E-state index in [1.54, 1.807) is 0 Å². The topological polar surface area (TPSA) is 15.3 Å². The fraction of sp³-hybridized carbons (Fsp3) is 0.333. The minimum atomic E-state index is 0.640. The number of fused-ring (bicyclic) bond motifs is 3. The summed E-state index contributed by atoms with van der Waals surface area (Å²) in [4.78, 5) is 2.56. The predicted octanol–water partition coefficient (Wildman–Crippen LogP) is 4.38. The molecule has 2 aliphatic rings. The molecule has 1 unspecified atom stereocenters. The van der Waals surface area contributed by atoms with Crippen LogP contribution in [0.4, 0.5) is 5.69 Å². The van der Waals surface area contributed by atoms with Gasteiger partial charge in [0.1, 0.15) is 0 Å². The Labute approximate surface area is 141 Å². The van der Waals surface area contributed by atoms with E-state index in [9.17, 15) is 0 Å². The van der Waals surface area contributed by atoms with Gasteiger partial charge in [-0.3, -0.25) is 0 Å². The molecule has 1 N–H and O–H groups in total. The van der Waals surface area contributed by atoms with Crippen LogP contribution in [-0.4, -0.2) is 25.7 Å².